The summed E-state index contributed by atoms with van der Waals surface area (Å²) in [5.74, 6) is 0.687. The Hall–Kier alpha value is -1.14. The first kappa shape index (κ1) is 19.6. The quantitative estimate of drug-likeness (QED) is 0.753. The third-order valence-corrected chi connectivity index (χ3v) is 5.41. The van der Waals surface area contributed by atoms with Gasteiger partial charge >= 0.3 is 0 Å². The highest BCUT2D eigenvalue weighted by molar-refractivity contribution is 6.30. The average Bonchev–Trinajstić information content (AvgIpc) is 3.17. The van der Waals surface area contributed by atoms with Gasteiger partial charge in [0.05, 0.1) is 19.3 Å². The van der Waals surface area contributed by atoms with Crippen LogP contribution in [-0.4, -0.2) is 56.3 Å². The van der Waals surface area contributed by atoms with Gasteiger partial charge in [0.25, 0.3) is 0 Å². The lowest BCUT2D eigenvalue weighted by molar-refractivity contribution is -0.123. The summed E-state index contributed by atoms with van der Waals surface area (Å²) in [5.41, 5.74) is 1.15. The highest BCUT2D eigenvalue weighted by Gasteiger charge is 2.22. The first-order valence-electron chi connectivity index (χ1n) is 9.62. The number of nitrogens with one attached hydrogen (secondary N) is 1. The van der Waals surface area contributed by atoms with Crippen molar-refractivity contribution in [2.24, 2.45) is 5.92 Å². The summed E-state index contributed by atoms with van der Waals surface area (Å²) in [6, 6.07) is 7.78. The van der Waals surface area contributed by atoms with Crippen molar-refractivity contribution in [3.05, 3.63) is 34.9 Å². The van der Waals surface area contributed by atoms with Crippen LogP contribution in [-0.2, 0) is 20.9 Å². The van der Waals surface area contributed by atoms with E-state index in [2.05, 4.69) is 10.2 Å². The van der Waals surface area contributed by atoms with E-state index in [1.165, 1.54) is 0 Å². The van der Waals surface area contributed by atoms with Crippen molar-refractivity contribution in [2.75, 3.05) is 39.4 Å². The van der Waals surface area contributed by atoms with Crippen LogP contribution in [0.4, 0.5) is 0 Å². The van der Waals surface area contributed by atoms with Crippen molar-refractivity contribution in [3.8, 4) is 0 Å². The van der Waals surface area contributed by atoms with Crippen LogP contribution in [0.3, 0.4) is 0 Å². The fourth-order valence-electron chi connectivity index (χ4n) is 3.53. The molecule has 2 heterocycles. The van der Waals surface area contributed by atoms with Crippen LogP contribution in [0.1, 0.15) is 31.2 Å². The van der Waals surface area contributed by atoms with Crippen molar-refractivity contribution in [1.29, 1.82) is 0 Å². The summed E-state index contributed by atoms with van der Waals surface area (Å²) in [5, 5.41) is 3.75. The van der Waals surface area contributed by atoms with Gasteiger partial charge in [0.1, 0.15) is 0 Å². The van der Waals surface area contributed by atoms with Gasteiger partial charge in [0, 0.05) is 24.8 Å². The molecule has 3 rings (SSSR count). The lowest BCUT2D eigenvalue weighted by Gasteiger charge is -2.31. The minimum Gasteiger partial charge on any atom is -0.376 e. The number of halogens is 1. The van der Waals surface area contributed by atoms with Gasteiger partial charge in [-0.25, -0.2) is 0 Å². The molecule has 1 atom stereocenters. The Morgan fingerprint density at radius 2 is 2.00 bits per heavy atom. The first-order valence-corrected chi connectivity index (χ1v) is 9.99. The van der Waals surface area contributed by atoms with Crippen LogP contribution < -0.4 is 5.32 Å². The van der Waals surface area contributed by atoms with Crippen LogP contribution in [0.25, 0.3) is 0 Å². The fourth-order valence-corrected chi connectivity index (χ4v) is 3.65. The molecular formula is C20H29ClN2O3. The highest BCUT2D eigenvalue weighted by Crippen LogP contribution is 2.18. The highest BCUT2D eigenvalue weighted by atomic mass is 35.5. The van der Waals surface area contributed by atoms with E-state index in [9.17, 15) is 4.79 Å². The van der Waals surface area contributed by atoms with E-state index in [0.717, 1.165) is 62.6 Å². The molecule has 0 aromatic heterocycles. The molecule has 5 nitrogen and oxygen atoms in total. The Morgan fingerprint density at radius 1 is 1.23 bits per heavy atom. The number of piperidine rings is 1. The third kappa shape index (κ3) is 6.54. The Balaban J connectivity index is 1.26. The second-order valence-electron chi connectivity index (χ2n) is 7.30. The molecule has 0 spiro atoms. The van der Waals surface area contributed by atoms with Crippen LogP contribution in [0.15, 0.2) is 24.3 Å². The molecule has 1 aromatic rings. The number of carbonyl (C=O) groups excluding carboxylic acids is 1. The number of rotatable bonds is 8. The van der Waals surface area contributed by atoms with E-state index in [1.54, 1.807) is 0 Å². The largest absolute Gasteiger partial charge is 0.376 e. The van der Waals surface area contributed by atoms with Crippen LogP contribution in [0.2, 0.25) is 5.02 Å². The third-order valence-electron chi connectivity index (χ3n) is 5.16. The van der Waals surface area contributed by atoms with Crippen molar-refractivity contribution < 1.29 is 14.3 Å². The molecule has 0 unspecified atom stereocenters. The first-order chi connectivity index (χ1) is 12.7. The Labute approximate surface area is 161 Å². The number of benzene rings is 1. The zero-order valence-corrected chi connectivity index (χ0v) is 16.0. The smallest absolute Gasteiger partial charge is 0.234 e. The summed E-state index contributed by atoms with van der Waals surface area (Å²) in [6.45, 7) is 5.29. The summed E-state index contributed by atoms with van der Waals surface area (Å²) in [7, 11) is 0. The molecule has 2 fully saturated rings. The maximum atomic E-state index is 12.1. The number of nitrogens with zero attached hydrogens (tertiary/aromatic N) is 1. The van der Waals surface area contributed by atoms with E-state index >= 15 is 0 Å². The van der Waals surface area contributed by atoms with Crippen LogP contribution in [0, 0.1) is 5.92 Å². The van der Waals surface area contributed by atoms with Crippen molar-refractivity contribution in [1.82, 2.24) is 10.2 Å². The Kier molecular flexibility index (Phi) is 7.74. The maximum Gasteiger partial charge on any atom is 0.234 e. The molecular weight excluding hydrogens is 352 g/mol. The van der Waals surface area contributed by atoms with Gasteiger partial charge < -0.3 is 14.8 Å². The molecule has 0 aliphatic carbocycles. The predicted octanol–water partition coefficient (Wildman–Crippen LogP) is 2.86. The van der Waals surface area contributed by atoms with Gasteiger partial charge in [0.15, 0.2) is 0 Å². The second-order valence-corrected chi connectivity index (χ2v) is 7.74. The summed E-state index contributed by atoms with van der Waals surface area (Å²) < 4.78 is 11.4. The van der Waals surface area contributed by atoms with E-state index < -0.39 is 0 Å². The molecule has 1 amide bonds. The zero-order chi connectivity index (χ0) is 18.2. The van der Waals surface area contributed by atoms with Gasteiger partial charge in [-0.2, -0.15) is 0 Å². The molecule has 2 saturated heterocycles. The molecule has 2 aliphatic rings. The van der Waals surface area contributed by atoms with Gasteiger partial charge in [0.2, 0.25) is 5.91 Å². The normalized spacial score (nSPS) is 21.8. The molecule has 1 N–H and O–H groups in total. The molecule has 0 bridgehead atoms. The molecule has 26 heavy (non-hydrogen) atoms. The van der Waals surface area contributed by atoms with E-state index in [-0.39, 0.29) is 12.0 Å². The maximum absolute atomic E-state index is 12.1. The monoisotopic (exact) mass is 380 g/mol. The Bertz CT molecular complexity index is 553. The van der Waals surface area contributed by atoms with E-state index in [1.807, 2.05) is 24.3 Å². The van der Waals surface area contributed by atoms with Gasteiger partial charge in [-0.05, 0) is 62.4 Å². The van der Waals surface area contributed by atoms with E-state index in [4.69, 9.17) is 21.1 Å². The van der Waals surface area contributed by atoms with Gasteiger partial charge in [-0.3, -0.25) is 9.69 Å². The van der Waals surface area contributed by atoms with Crippen molar-refractivity contribution in [3.63, 3.8) is 0 Å². The average molecular weight is 381 g/mol. The topological polar surface area (TPSA) is 50.8 Å². The van der Waals surface area contributed by atoms with Gasteiger partial charge in [-0.1, -0.05) is 23.7 Å². The molecule has 144 valence electrons. The van der Waals surface area contributed by atoms with Gasteiger partial charge in [-0.15, -0.1) is 0 Å². The van der Waals surface area contributed by atoms with Crippen molar-refractivity contribution >= 4 is 17.5 Å². The number of amides is 1. The molecule has 6 heteroatoms. The van der Waals surface area contributed by atoms with Crippen LogP contribution in [0.5, 0.6) is 0 Å². The molecule has 2 aliphatic heterocycles. The minimum absolute atomic E-state index is 0.109. The fraction of sp³-hybridized carbons (Fsp3) is 0.650. The predicted molar refractivity (Wildman–Crippen MR) is 102 cm³/mol. The summed E-state index contributed by atoms with van der Waals surface area (Å²) >= 11 is 5.89. The zero-order valence-electron chi connectivity index (χ0n) is 15.3. The standard InChI is InChI=1S/C20H29ClN2O3/c21-18-5-3-16(4-6-18)14-25-15-17-7-9-23(10-8-17)13-20(24)22-12-19-2-1-11-26-19/h3-6,17,19H,1-2,7-15H2,(H,22,24)/t19-/m0/s1. The van der Waals surface area contributed by atoms with E-state index in [0.29, 0.717) is 25.6 Å². The number of carbonyl (C=O) groups is 1. The Morgan fingerprint density at radius 3 is 2.69 bits per heavy atom. The number of hydrogen-bond donors (Lipinski definition) is 1. The number of ether oxygens (including phenoxy) is 2. The summed E-state index contributed by atoms with van der Waals surface area (Å²) in [4.78, 5) is 14.3. The SMILES string of the molecule is O=C(CN1CCC(COCc2ccc(Cl)cc2)CC1)NC[C@@H]1CCCO1. The molecule has 0 saturated carbocycles. The summed E-state index contributed by atoms with van der Waals surface area (Å²) in [6.07, 6.45) is 4.54. The lowest BCUT2D eigenvalue weighted by atomic mass is 9.98. The lowest BCUT2D eigenvalue weighted by Crippen LogP contribution is -2.43. The molecule has 0 radical (unpaired) electrons. The second kappa shape index (κ2) is 10.3. The molecule has 1 aromatic carbocycles. The minimum atomic E-state index is 0.109. The number of hydrogen-bond acceptors (Lipinski definition) is 4. The van der Waals surface area contributed by atoms with Crippen molar-refractivity contribution in [2.45, 2.75) is 38.4 Å². The van der Waals surface area contributed by atoms with Crippen LogP contribution >= 0.6 is 11.6 Å². The number of likely N-dealkylation sites (tertiary alicyclic amines) is 1.